The van der Waals surface area contributed by atoms with E-state index in [1.165, 1.54) is 11.9 Å². The van der Waals surface area contributed by atoms with Crippen molar-refractivity contribution in [3.8, 4) is 28.7 Å². The summed E-state index contributed by atoms with van der Waals surface area (Å²) in [4.78, 5) is 70.7. The predicted octanol–water partition coefficient (Wildman–Crippen LogP) is 1.12. The van der Waals surface area contributed by atoms with Crippen LogP contribution in [0.15, 0.2) is 65.9 Å². The predicted molar refractivity (Wildman–Crippen MR) is 233 cm³/mol. The van der Waals surface area contributed by atoms with E-state index in [1.54, 1.807) is 37.3 Å². The van der Waals surface area contributed by atoms with Crippen LogP contribution in [0, 0.1) is 25.2 Å². The number of benzene rings is 3. The minimum Gasteiger partial charge on any atom is -0.492 e. The number of likely N-dealkylation sites (N-methyl/N-ethyl adjacent to an activating group) is 1. The van der Waals surface area contributed by atoms with Crippen LogP contribution in [-0.4, -0.2) is 106 Å². The van der Waals surface area contributed by atoms with Crippen molar-refractivity contribution in [2.24, 2.45) is 17.2 Å². The zero-order valence-electron chi connectivity index (χ0n) is 35.8. The maximum Gasteiger partial charge on any atom is 0.252 e. The van der Waals surface area contributed by atoms with Crippen molar-refractivity contribution >= 4 is 29.5 Å². The molecule has 11 N–H and O–H groups in total. The van der Waals surface area contributed by atoms with Crippen molar-refractivity contribution in [2.45, 2.75) is 70.6 Å². The average Bonchev–Trinajstić information content (AvgIpc) is 4.09. The van der Waals surface area contributed by atoms with Crippen molar-refractivity contribution in [1.82, 2.24) is 31.5 Å². The third-order valence-electron chi connectivity index (χ3n) is 10.6. The number of nitrogens with one attached hydrogen (secondary N) is 5. The zero-order valence-corrected chi connectivity index (χ0v) is 35.8. The monoisotopic (exact) mass is 850 g/mol. The highest BCUT2D eigenvalue weighted by Crippen LogP contribution is 2.41. The van der Waals surface area contributed by atoms with Gasteiger partial charge < -0.3 is 58.2 Å². The van der Waals surface area contributed by atoms with Gasteiger partial charge in [-0.25, -0.2) is 0 Å². The maximum absolute atomic E-state index is 14.7. The first kappa shape index (κ1) is 46.6. The number of fused-ring (bicyclic) bond motifs is 5. The van der Waals surface area contributed by atoms with Gasteiger partial charge in [0.15, 0.2) is 0 Å². The molecule has 2 aliphatic rings. The molecule has 5 rings (SSSR count). The van der Waals surface area contributed by atoms with Crippen LogP contribution >= 0.6 is 0 Å². The number of carbonyl (C=O) groups excluding carboxylic acids is 5. The molecular weight excluding hydrogens is 793 g/mol. The van der Waals surface area contributed by atoms with Crippen LogP contribution in [0.3, 0.4) is 0 Å². The van der Waals surface area contributed by atoms with Crippen LogP contribution in [0.2, 0.25) is 0 Å². The number of allylic oxidation sites excluding steroid dienone is 1. The Morgan fingerprint density at radius 2 is 1.56 bits per heavy atom. The summed E-state index contributed by atoms with van der Waals surface area (Å²) >= 11 is 0. The smallest absolute Gasteiger partial charge is 0.252 e. The molecule has 1 heterocycles. The topological polar surface area (TPSA) is 269 Å². The number of aryl methyl sites for hydroxylation is 2. The summed E-state index contributed by atoms with van der Waals surface area (Å²) in [6.07, 6.45) is 1.86. The molecule has 1 saturated carbocycles. The number of hydrogen-bond donors (Lipinski definition) is 8. The molecule has 1 aliphatic heterocycles. The number of carbonyl (C=O) groups is 5. The van der Waals surface area contributed by atoms with Crippen LogP contribution in [0.4, 0.5) is 0 Å². The first-order valence-electron chi connectivity index (χ1n) is 20.8. The lowest BCUT2D eigenvalue weighted by Gasteiger charge is -2.33. The zero-order chi connectivity index (χ0) is 44.9. The third-order valence-corrected chi connectivity index (χ3v) is 10.6. The number of nitriles is 1. The SMILES string of the molecule is Cc1ccc(C(=O)N[C@@H](CCN)C(=O)N(C)[C@@H]2C(=O)N[C@@H](C)C(=O)N[C@H](C(NCC(=O)NCC#N)=C3CC3)Cc3ccc(OCCN)c(c3)-c3cc2ccc3OCCN)c(C)c1. The summed E-state index contributed by atoms with van der Waals surface area (Å²) in [5.74, 6) is -1.74. The minimum absolute atomic E-state index is 0.0590. The van der Waals surface area contributed by atoms with Gasteiger partial charge >= 0.3 is 0 Å². The lowest BCUT2D eigenvalue weighted by molar-refractivity contribution is -0.141. The summed E-state index contributed by atoms with van der Waals surface area (Å²) in [5.41, 5.74) is 23.8. The fourth-order valence-electron chi connectivity index (χ4n) is 7.40. The Morgan fingerprint density at radius 1 is 0.887 bits per heavy atom. The summed E-state index contributed by atoms with van der Waals surface area (Å²) < 4.78 is 12.3. The van der Waals surface area contributed by atoms with Crippen LogP contribution in [0.25, 0.3) is 11.1 Å². The Labute approximate surface area is 362 Å². The van der Waals surface area contributed by atoms with Gasteiger partial charge in [0.2, 0.25) is 23.6 Å². The largest absolute Gasteiger partial charge is 0.492 e. The first-order valence-corrected chi connectivity index (χ1v) is 20.8. The van der Waals surface area contributed by atoms with Gasteiger partial charge in [-0.05, 0) is 106 Å². The van der Waals surface area contributed by atoms with E-state index in [0.29, 0.717) is 39.4 Å². The Bertz CT molecular complexity index is 2210. The normalized spacial score (nSPS) is 17.5. The Kier molecular flexibility index (Phi) is 16.4. The van der Waals surface area contributed by atoms with E-state index in [2.05, 4.69) is 26.6 Å². The van der Waals surface area contributed by atoms with E-state index in [9.17, 15) is 24.0 Å². The van der Waals surface area contributed by atoms with Crippen molar-refractivity contribution < 1.29 is 33.4 Å². The molecule has 0 radical (unpaired) electrons. The molecule has 0 unspecified atom stereocenters. The lowest BCUT2D eigenvalue weighted by atomic mass is 9.93. The second-order valence-electron chi connectivity index (χ2n) is 15.4. The standard InChI is InChI=1S/C45H58N10O7/c1-26-5-10-32(27(2)21-26)43(58)53-35(13-14-46)45(60)55(4)41-31-9-12-38(62-20-17-49)34(24-31)33-22-29(6-11-37(33)61-19-16-48)23-36(54-42(57)28(3)52-44(41)59)40(30-7-8-30)51-25-39(56)50-18-15-47/h5-6,9-12,21-22,24,28,35-36,41,51H,7-8,13-14,16-20,23,25,46,48-49H2,1-4H3,(H,50,56)(H,52,59)(H,53,58)(H,54,57)/t28-,35-,36-,41-/m0/s1. The first-order chi connectivity index (χ1) is 29.8. The van der Waals surface area contributed by atoms with Crippen LogP contribution in [0.1, 0.15) is 64.8 Å². The Balaban J connectivity index is 1.62. The summed E-state index contributed by atoms with van der Waals surface area (Å²) in [6, 6.07) is 13.8. The van der Waals surface area contributed by atoms with Crippen LogP contribution in [0.5, 0.6) is 11.5 Å². The van der Waals surface area contributed by atoms with E-state index in [4.69, 9.17) is 31.9 Å². The highest BCUT2D eigenvalue weighted by molar-refractivity contribution is 6.00. The molecule has 17 nitrogen and oxygen atoms in total. The van der Waals surface area contributed by atoms with Gasteiger partial charge in [0.1, 0.15) is 49.4 Å². The quantitative estimate of drug-likeness (QED) is 0.0889. The molecule has 330 valence electrons. The van der Waals surface area contributed by atoms with Gasteiger partial charge in [-0.3, -0.25) is 24.0 Å². The van der Waals surface area contributed by atoms with Crippen LogP contribution < -0.4 is 53.3 Å². The molecule has 62 heavy (non-hydrogen) atoms. The summed E-state index contributed by atoms with van der Waals surface area (Å²) in [5, 5.41) is 23.5. The average molecular weight is 851 g/mol. The molecule has 4 atom stereocenters. The van der Waals surface area contributed by atoms with Crippen molar-refractivity contribution in [3.05, 3.63) is 93.7 Å². The molecule has 0 aromatic heterocycles. The molecule has 0 saturated heterocycles. The van der Waals surface area contributed by atoms with E-state index in [-0.39, 0.29) is 58.8 Å². The third kappa shape index (κ3) is 11.9. The molecular formula is C45H58N10O7. The number of amides is 5. The fraction of sp³-hybridized carbons (Fsp3) is 0.422. The Hall–Kier alpha value is -6.48. The second kappa shape index (κ2) is 21.9. The van der Waals surface area contributed by atoms with Crippen molar-refractivity contribution in [2.75, 3.05) is 53.0 Å². The van der Waals surface area contributed by atoms with E-state index < -0.39 is 53.7 Å². The Morgan fingerprint density at radius 3 is 2.19 bits per heavy atom. The lowest BCUT2D eigenvalue weighted by Crippen LogP contribution is -2.55. The molecule has 1 aliphatic carbocycles. The van der Waals surface area contributed by atoms with E-state index in [1.807, 2.05) is 44.2 Å². The van der Waals surface area contributed by atoms with Crippen molar-refractivity contribution in [3.63, 3.8) is 0 Å². The minimum atomic E-state index is -1.33. The molecule has 1 fully saturated rings. The van der Waals surface area contributed by atoms with E-state index >= 15 is 0 Å². The summed E-state index contributed by atoms with van der Waals surface area (Å²) in [6.45, 7) is 5.85. The van der Waals surface area contributed by atoms with Crippen LogP contribution in [-0.2, 0) is 25.6 Å². The molecule has 3 aromatic rings. The van der Waals surface area contributed by atoms with Gasteiger partial charge in [-0.2, -0.15) is 5.26 Å². The van der Waals surface area contributed by atoms with Gasteiger partial charge in [0.05, 0.1) is 18.7 Å². The molecule has 0 spiro atoms. The van der Waals surface area contributed by atoms with Crippen molar-refractivity contribution in [1.29, 1.82) is 5.26 Å². The molecule has 3 aromatic carbocycles. The summed E-state index contributed by atoms with van der Waals surface area (Å²) in [7, 11) is 1.46. The van der Waals surface area contributed by atoms with Gasteiger partial charge in [-0.1, -0.05) is 29.8 Å². The van der Waals surface area contributed by atoms with Gasteiger partial charge in [0, 0.05) is 42.5 Å². The number of nitrogens with zero attached hydrogens (tertiary/aromatic N) is 2. The fourth-order valence-corrected chi connectivity index (χ4v) is 7.40. The molecule has 17 heteroatoms. The number of rotatable bonds is 17. The highest BCUT2D eigenvalue weighted by Gasteiger charge is 2.36. The highest BCUT2D eigenvalue weighted by atomic mass is 16.5. The number of ether oxygens (including phenoxy) is 2. The number of hydrogen-bond acceptors (Lipinski definition) is 12. The molecule has 4 bridgehead atoms. The van der Waals surface area contributed by atoms with Gasteiger partial charge in [-0.15, -0.1) is 0 Å². The second-order valence-corrected chi connectivity index (χ2v) is 15.4. The number of nitrogens with two attached hydrogens (primary N) is 3. The maximum atomic E-state index is 14.7. The van der Waals surface area contributed by atoms with Gasteiger partial charge in [0.25, 0.3) is 5.91 Å². The molecule has 5 amide bonds. The van der Waals surface area contributed by atoms with E-state index in [0.717, 1.165) is 35.1 Å².